The van der Waals surface area contributed by atoms with Crippen molar-refractivity contribution < 1.29 is 117 Å². The lowest BCUT2D eigenvalue weighted by atomic mass is 9.84. The van der Waals surface area contributed by atoms with Gasteiger partial charge in [0.25, 0.3) is 0 Å². The largest absolute Gasteiger partial charge is 0.472 e. The van der Waals surface area contributed by atoms with Gasteiger partial charge in [-0.2, -0.15) is 0 Å². The first kappa shape index (κ1) is 90.4. The third-order valence-corrected chi connectivity index (χ3v) is 19.7. The van der Waals surface area contributed by atoms with E-state index in [0.717, 1.165) is 96.0 Å². The second-order valence-corrected chi connectivity index (χ2v) is 28.8. The monoisotopic (exact) mass is 1440 g/mol. The van der Waals surface area contributed by atoms with E-state index in [1.165, 1.54) is 154 Å². The Labute approximate surface area is 591 Å². The van der Waals surface area contributed by atoms with Crippen molar-refractivity contribution in [3.63, 3.8) is 0 Å². The molecule has 0 aromatic carbocycles. The molecule has 2 heterocycles. The summed E-state index contributed by atoms with van der Waals surface area (Å²) in [4.78, 5) is 50.9. The predicted octanol–water partition coefficient (Wildman–Crippen LogP) is 10.7. The van der Waals surface area contributed by atoms with Crippen LogP contribution in [0.5, 0.6) is 0 Å². The number of hydrogen-bond donors (Lipinski definition) is 11. The van der Waals surface area contributed by atoms with Crippen molar-refractivity contribution in [1.29, 1.82) is 0 Å². The normalized spacial score (nSPS) is 27.7. The van der Waals surface area contributed by atoms with E-state index in [9.17, 15) is 74.9 Å². The average Bonchev–Trinajstić information content (AvgIpc) is 0.763. The van der Waals surface area contributed by atoms with Crippen LogP contribution in [0.4, 0.5) is 0 Å². The molecule has 2 saturated heterocycles. The summed E-state index contributed by atoms with van der Waals surface area (Å²) in [5, 5.41) is 110. The molecule has 0 spiro atoms. The molecular weight excluding hydrogens is 1300 g/mol. The Balaban J connectivity index is 1.75. The van der Waals surface area contributed by atoms with Gasteiger partial charge in [0.2, 0.25) is 0 Å². The first-order valence-corrected chi connectivity index (χ1v) is 39.8. The number of aliphatic hydroxyl groups excluding tert-OH is 10. The number of allylic oxidation sites excluding steroid dienone is 5. The first-order valence-electron chi connectivity index (χ1n) is 38.3. The lowest BCUT2D eigenvalue weighted by Gasteiger charge is -2.49. The van der Waals surface area contributed by atoms with Crippen molar-refractivity contribution >= 4 is 25.7 Å². The van der Waals surface area contributed by atoms with Crippen LogP contribution in [-0.4, -0.2) is 204 Å². The smallest absolute Gasteiger partial charge is 0.463 e. The van der Waals surface area contributed by atoms with E-state index in [0.29, 0.717) is 12.8 Å². The number of carbonyl (C=O) groups is 3. The van der Waals surface area contributed by atoms with Gasteiger partial charge in [-0.05, 0) is 51.4 Å². The number of phosphoric acid groups is 1. The van der Waals surface area contributed by atoms with Crippen molar-refractivity contribution in [1.82, 2.24) is 0 Å². The van der Waals surface area contributed by atoms with Crippen molar-refractivity contribution in [3.05, 3.63) is 36.5 Å². The molecule has 24 nitrogen and oxygen atoms in total. The predicted molar refractivity (Wildman–Crippen MR) is 374 cm³/mol. The lowest BCUT2D eigenvalue weighted by molar-refractivity contribution is -0.360. The number of carbonyl (C=O) groups excluding carboxylic acids is 3. The highest BCUT2D eigenvalue weighted by Crippen LogP contribution is 2.49. The van der Waals surface area contributed by atoms with Gasteiger partial charge in [-0.1, -0.05) is 250 Å². The molecule has 578 valence electrons. The Hall–Kier alpha value is -2.82. The quantitative estimate of drug-likeness (QED) is 0.00512. The molecule has 25 heteroatoms. The summed E-state index contributed by atoms with van der Waals surface area (Å²) in [6, 6.07) is 0. The van der Waals surface area contributed by atoms with Crippen LogP contribution in [0.15, 0.2) is 36.5 Å². The van der Waals surface area contributed by atoms with Gasteiger partial charge in [0, 0.05) is 18.9 Å². The van der Waals surface area contributed by atoms with Crippen LogP contribution in [0.3, 0.4) is 0 Å². The number of unbranched alkanes of at least 4 members (excludes halogenated alkanes) is 35. The first-order chi connectivity index (χ1) is 47.8. The summed E-state index contributed by atoms with van der Waals surface area (Å²) in [5.74, 6) is -2.26. The number of aliphatic hydroxyl groups is 10. The zero-order valence-electron chi connectivity index (χ0n) is 60.3. The fourth-order valence-corrected chi connectivity index (χ4v) is 13.4. The van der Waals surface area contributed by atoms with Gasteiger partial charge in [-0.3, -0.25) is 18.6 Å². The molecule has 1 aliphatic carbocycles. The highest BCUT2D eigenvalue weighted by Gasteiger charge is 2.58. The van der Waals surface area contributed by atoms with E-state index in [-0.39, 0.29) is 12.8 Å². The maximum atomic E-state index is 14.3. The zero-order chi connectivity index (χ0) is 72.5. The van der Waals surface area contributed by atoms with E-state index in [1.54, 1.807) is 6.08 Å². The molecule has 0 aromatic heterocycles. The maximum absolute atomic E-state index is 14.3. The minimum atomic E-state index is -5.72. The van der Waals surface area contributed by atoms with Crippen molar-refractivity contribution in [3.8, 4) is 0 Å². The molecule has 18 unspecified atom stereocenters. The summed E-state index contributed by atoms with van der Waals surface area (Å²) in [6.45, 7) is 3.33. The average molecular weight is 1440 g/mol. The fraction of sp³-hybridized carbons (Fsp3) is 0.878. The molecule has 99 heavy (non-hydrogen) atoms. The number of hydrogen-bond acceptors (Lipinski definition) is 23. The lowest BCUT2D eigenvalue weighted by Crippen LogP contribution is -2.69. The topological polar surface area (TPSA) is 374 Å². The van der Waals surface area contributed by atoms with Gasteiger partial charge >= 0.3 is 25.7 Å². The van der Waals surface area contributed by atoms with Crippen LogP contribution >= 0.6 is 7.82 Å². The molecule has 0 amide bonds. The minimum absolute atomic E-state index is 0.00438. The number of esters is 3. The molecule has 18 atom stereocenters. The van der Waals surface area contributed by atoms with Gasteiger partial charge in [0.05, 0.1) is 13.2 Å². The third-order valence-electron chi connectivity index (χ3n) is 18.8. The van der Waals surface area contributed by atoms with Crippen LogP contribution in [0, 0.1) is 0 Å². The summed E-state index contributed by atoms with van der Waals surface area (Å²) in [6.07, 6.45) is 18.5. The molecule has 11 N–H and O–H groups in total. The summed E-state index contributed by atoms with van der Waals surface area (Å²) in [7, 11) is -5.72. The molecule has 0 bridgehead atoms. The highest BCUT2D eigenvalue weighted by molar-refractivity contribution is 7.47. The van der Waals surface area contributed by atoms with Gasteiger partial charge in [0.1, 0.15) is 98.7 Å². The van der Waals surface area contributed by atoms with E-state index >= 15 is 0 Å². The number of phosphoric ester groups is 1. The Bertz CT molecular complexity index is 2190. The molecule has 2 aliphatic heterocycles. The van der Waals surface area contributed by atoms with Gasteiger partial charge in [-0.15, -0.1) is 0 Å². The van der Waals surface area contributed by atoms with E-state index < -0.39 is 156 Å². The maximum Gasteiger partial charge on any atom is 0.472 e. The van der Waals surface area contributed by atoms with Gasteiger partial charge < -0.3 is 89.1 Å². The van der Waals surface area contributed by atoms with Crippen LogP contribution in [-0.2, 0) is 61.2 Å². The highest BCUT2D eigenvalue weighted by atomic mass is 31.2. The SMILES string of the molecule is CCCCCCCCC/C=C\CCCCCC(=O)OCC1OC(OC2C(O)C(O)C(O)C(OC3OC(CO)C(O)C(O)C3O)C2OP(=O)(O)OCC(COC(=O)CCCCCCCCCCCCCCCCC)OC(=O)/C=C/C=C/CCCCCCCCCCCCC)C(O)C(O)C1O. The third kappa shape index (κ3) is 38.7. The summed E-state index contributed by atoms with van der Waals surface area (Å²) < 4.78 is 64.8. The van der Waals surface area contributed by atoms with E-state index in [1.807, 2.05) is 6.08 Å². The fourth-order valence-electron chi connectivity index (χ4n) is 12.5. The minimum Gasteiger partial charge on any atom is -0.463 e. The standard InChI is InChI=1S/C74H133O24P/c1-4-7-10-13-16-19-22-25-28-31-34-36-39-42-45-48-58(76)90-52-55(93-60(78)50-47-44-41-38-35-32-29-26-23-20-17-14-11-8-5-2)53-92-99(88,89)98-72-70(96-73-68(86)63(81)61(79)56(51-75)94-73)66(84)65(83)67(85)71(72)97-74-69(87)64(82)62(80)57(95-74)54-91-59(77)49-46-43-40-37-33-30-27-24-21-18-15-12-9-6-3/h30,33,41,44,47,50,55-57,61-75,79-87H,4-29,31-32,34-40,42-43,45-46,48-49,51-54H2,1-3H3,(H,88,89)/b33-30-,44-41+,50-47+. The van der Waals surface area contributed by atoms with Gasteiger partial charge in [0.15, 0.2) is 18.7 Å². The van der Waals surface area contributed by atoms with Crippen LogP contribution in [0.1, 0.15) is 284 Å². The summed E-state index contributed by atoms with van der Waals surface area (Å²) >= 11 is 0. The molecule has 3 fully saturated rings. The van der Waals surface area contributed by atoms with Crippen LogP contribution < -0.4 is 0 Å². The van der Waals surface area contributed by atoms with Crippen molar-refractivity contribution in [2.75, 3.05) is 26.4 Å². The molecule has 3 aliphatic rings. The van der Waals surface area contributed by atoms with E-state index in [2.05, 4.69) is 32.9 Å². The molecule has 0 radical (unpaired) electrons. The molecule has 0 aromatic rings. The second-order valence-electron chi connectivity index (χ2n) is 27.4. The molecule has 3 rings (SSSR count). The molecular formula is C74H133O24P. The van der Waals surface area contributed by atoms with E-state index in [4.69, 9.17) is 42.2 Å². The Morgan fingerprint density at radius 1 is 0.414 bits per heavy atom. The number of ether oxygens (including phenoxy) is 7. The second kappa shape index (κ2) is 55.6. The zero-order valence-corrected chi connectivity index (χ0v) is 61.2. The summed E-state index contributed by atoms with van der Waals surface area (Å²) in [5.41, 5.74) is 0. The molecule has 1 saturated carbocycles. The Morgan fingerprint density at radius 3 is 1.21 bits per heavy atom. The van der Waals surface area contributed by atoms with Crippen molar-refractivity contribution in [2.45, 2.75) is 388 Å². The van der Waals surface area contributed by atoms with Crippen LogP contribution in [0.25, 0.3) is 0 Å². The Morgan fingerprint density at radius 2 is 0.778 bits per heavy atom. The Kier molecular flexibility index (Phi) is 50.8. The van der Waals surface area contributed by atoms with Crippen molar-refractivity contribution in [2.24, 2.45) is 0 Å². The van der Waals surface area contributed by atoms with Crippen LogP contribution in [0.2, 0.25) is 0 Å². The number of rotatable bonds is 59. The van der Waals surface area contributed by atoms with Gasteiger partial charge in [-0.25, -0.2) is 9.36 Å².